The normalized spacial score (nSPS) is 10.9. The summed E-state index contributed by atoms with van der Waals surface area (Å²) in [5.74, 6) is 1.93. The van der Waals surface area contributed by atoms with Gasteiger partial charge < -0.3 is 14.8 Å². The van der Waals surface area contributed by atoms with Gasteiger partial charge in [0.2, 0.25) is 0 Å². The van der Waals surface area contributed by atoms with Gasteiger partial charge in [0.1, 0.15) is 22.2 Å². The molecule has 0 unspecified atom stereocenters. The summed E-state index contributed by atoms with van der Waals surface area (Å²) in [4.78, 5) is 22.8. The van der Waals surface area contributed by atoms with Crippen molar-refractivity contribution in [2.75, 3.05) is 19.5 Å². The second-order valence-corrected chi connectivity index (χ2v) is 7.96. The highest BCUT2D eigenvalue weighted by Crippen LogP contribution is 2.30. The van der Waals surface area contributed by atoms with Crippen molar-refractivity contribution in [3.8, 4) is 5.75 Å². The van der Waals surface area contributed by atoms with Crippen LogP contribution in [0.2, 0.25) is 5.02 Å². The van der Waals surface area contributed by atoms with Crippen LogP contribution in [0.4, 0.5) is 5.82 Å². The monoisotopic (exact) mass is 419 g/mol. The van der Waals surface area contributed by atoms with Gasteiger partial charge >= 0.3 is 5.97 Å². The maximum Gasteiger partial charge on any atom is 0.305 e. The average molecular weight is 420 g/mol. The summed E-state index contributed by atoms with van der Waals surface area (Å²) < 4.78 is 9.89. The minimum atomic E-state index is -0.220. The summed E-state index contributed by atoms with van der Waals surface area (Å²) in [6.45, 7) is 2.63. The van der Waals surface area contributed by atoms with Gasteiger partial charge in [-0.15, -0.1) is 11.3 Å². The highest BCUT2D eigenvalue weighted by Gasteiger charge is 2.12. The van der Waals surface area contributed by atoms with E-state index < -0.39 is 0 Å². The second kappa shape index (κ2) is 9.21. The first-order valence-electron chi connectivity index (χ1n) is 8.90. The maximum absolute atomic E-state index is 11.3. The van der Waals surface area contributed by atoms with E-state index in [4.69, 9.17) is 16.3 Å². The third-order valence-corrected chi connectivity index (χ3v) is 5.49. The number of nitrogens with one attached hydrogen (secondary N) is 1. The number of nitrogens with zero attached hydrogens (tertiary/aromatic N) is 2. The van der Waals surface area contributed by atoms with Crippen molar-refractivity contribution in [2.24, 2.45) is 0 Å². The van der Waals surface area contributed by atoms with Crippen molar-refractivity contribution in [3.63, 3.8) is 0 Å². The Balaban J connectivity index is 1.78. The number of ether oxygens (including phenoxy) is 2. The topological polar surface area (TPSA) is 73.3 Å². The number of hydrogen-bond acceptors (Lipinski definition) is 7. The van der Waals surface area contributed by atoms with Gasteiger partial charge in [-0.3, -0.25) is 4.79 Å². The molecular formula is C20H22ClN3O3S. The summed E-state index contributed by atoms with van der Waals surface area (Å²) >= 11 is 7.85. The standard InChI is InChI=1S/C20H22ClN3O3S/c1-12-9-14-19(22-11-13-7-8-16(26-2)15(21)10-13)23-17(24-20(14)28-12)5-4-6-18(25)27-3/h7-10H,4-6,11H2,1-3H3,(H,22,23,24). The first-order valence-corrected chi connectivity index (χ1v) is 10.1. The Morgan fingerprint density at radius 2 is 2.07 bits per heavy atom. The van der Waals surface area contributed by atoms with Crippen LogP contribution in [-0.4, -0.2) is 30.2 Å². The number of halogens is 1. The number of aryl methyl sites for hydroxylation is 2. The fourth-order valence-corrected chi connectivity index (χ4v) is 4.01. The molecule has 0 atom stereocenters. The molecule has 0 fully saturated rings. The number of carbonyl (C=O) groups is 1. The number of anilines is 1. The van der Waals surface area contributed by atoms with Crippen LogP contribution in [0, 0.1) is 6.92 Å². The van der Waals surface area contributed by atoms with Crippen molar-refractivity contribution in [1.82, 2.24) is 9.97 Å². The second-order valence-electron chi connectivity index (χ2n) is 6.32. The zero-order chi connectivity index (χ0) is 20.1. The zero-order valence-corrected chi connectivity index (χ0v) is 17.6. The van der Waals surface area contributed by atoms with Crippen molar-refractivity contribution in [1.29, 1.82) is 0 Å². The highest BCUT2D eigenvalue weighted by molar-refractivity contribution is 7.18. The minimum absolute atomic E-state index is 0.220. The lowest BCUT2D eigenvalue weighted by Crippen LogP contribution is -2.06. The van der Waals surface area contributed by atoms with Crippen LogP contribution in [0.3, 0.4) is 0 Å². The van der Waals surface area contributed by atoms with Gasteiger partial charge in [0.05, 0.1) is 24.6 Å². The quantitative estimate of drug-likeness (QED) is 0.530. The number of carbonyl (C=O) groups excluding carboxylic acids is 1. The van der Waals surface area contributed by atoms with E-state index in [-0.39, 0.29) is 5.97 Å². The van der Waals surface area contributed by atoms with Crippen LogP contribution in [0.15, 0.2) is 24.3 Å². The lowest BCUT2D eigenvalue weighted by atomic mass is 10.2. The Bertz CT molecular complexity index is 990. The van der Waals surface area contributed by atoms with E-state index in [1.54, 1.807) is 18.4 Å². The summed E-state index contributed by atoms with van der Waals surface area (Å²) in [6.07, 6.45) is 1.62. The molecule has 1 N–H and O–H groups in total. The Kier molecular flexibility index (Phi) is 6.70. The van der Waals surface area contributed by atoms with E-state index in [0.717, 1.165) is 21.6 Å². The predicted molar refractivity (Wildman–Crippen MR) is 112 cm³/mol. The molecule has 0 aliphatic heterocycles. The number of fused-ring (bicyclic) bond motifs is 1. The summed E-state index contributed by atoms with van der Waals surface area (Å²) in [5.41, 5.74) is 1.02. The number of benzene rings is 1. The number of methoxy groups -OCH3 is 2. The van der Waals surface area contributed by atoms with Crippen LogP contribution in [0.5, 0.6) is 5.75 Å². The molecule has 28 heavy (non-hydrogen) atoms. The maximum atomic E-state index is 11.3. The van der Waals surface area contributed by atoms with E-state index in [9.17, 15) is 4.79 Å². The summed E-state index contributed by atoms with van der Waals surface area (Å²) in [7, 11) is 2.99. The number of thiophene rings is 1. The van der Waals surface area contributed by atoms with Gasteiger partial charge in [0.15, 0.2) is 0 Å². The molecule has 0 bridgehead atoms. The Hall–Kier alpha value is -2.38. The third kappa shape index (κ3) is 4.91. The van der Waals surface area contributed by atoms with Crippen molar-refractivity contribution in [3.05, 3.63) is 45.6 Å². The molecule has 3 rings (SSSR count). The van der Waals surface area contributed by atoms with Crippen LogP contribution in [0.25, 0.3) is 10.2 Å². The SMILES string of the molecule is COC(=O)CCCc1nc(NCc2ccc(OC)c(Cl)c2)c2cc(C)sc2n1. The number of hydrogen-bond donors (Lipinski definition) is 1. The van der Waals surface area contributed by atoms with Crippen molar-refractivity contribution >= 4 is 44.9 Å². The smallest absolute Gasteiger partial charge is 0.305 e. The number of rotatable bonds is 8. The third-order valence-electron chi connectivity index (χ3n) is 4.25. The van der Waals surface area contributed by atoms with Crippen LogP contribution < -0.4 is 10.1 Å². The molecule has 0 saturated heterocycles. The molecule has 8 heteroatoms. The van der Waals surface area contributed by atoms with Gasteiger partial charge in [-0.2, -0.15) is 0 Å². The van der Waals surface area contributed by atoms with Crippen LogP contribution in [-0.2, 0) is 22.5 Å². The Morgan fingerprint density at radius 1 is 1.25 bits per heavy atom. The van der Waals surface area contributed by atoms with E-state index in [2.05, 4.69) is 33.0 Å². The number of aromatic nitrogens is 2. The molecule has 6 nitrogen and oxygen atoms in total. The molecule has 0 spiro atoms. The predicted octanol–water partition coefficient (Wildman–Crippen LogP) is 4.77. The molecule has 1 aromatic carbocycles. The zero-order valence-electron chi connectivity index (χ0n) is 16.0. The first kappa shape index (κ1) is 20.4. The van der Waals surface area contributed by atoms with Crippen molar-refractivity contribution in [2.45, 2.75) is 32.7 Å². The molecule has 0 saturated carbocycles. The van der Waals surface area contributed by atoms with Gasteiger partial charge in [-0.1, -0.05) is 17.7 Å². The molecule has 148 valence electrons. The molecule has 0 aliphatic rings. The van der Waals surface area contributed by atoms with E-state index >= 15 is 0 Å². The van der Waals surface area contributed by atoms with Gasteiger partial charge in [0.25, 0.3) is 0 Å². The van der Waals surface area contributed by atoms with Gasteiger partial charge in [-0.25, -0.2) is 9.97 Å². The molecule has 0 amide bonds. The van der Waals surface area contributed by atoms with Crippen LogP contribution in [0.1, 0.15) is 29.1 Å². The van der Waals surface area contributed by atoms with Crippen LogP contribution >= 0.6 is 22.9 Å². The minimum Gasteiger partial charge on any atom is -0.495 e. The molecule has 0 aliphatic carbocycles. The van der Waals surface area contributed by atoms with Gasteiger partial charge in [0, 0.05) is 24.3 Å². The fourth-order valence-electron chi connectivity index (χ4n) is 2.83. The lowest BCUT2D eigenvalue weighted by Gasteiger charge is -2.10. The Labute approximate surface area is 172 Å². The Morgan fingerprint density at radius 3 is 2.79 bits per heavy atom. The molecule has 3 aromatic rings. The molecule has 2 aromatic heterocycles. The lowest BCUT2D eigenvalue weighted by molar-refractivity contribution is -0.140. The van der Waals surface area contributed by atoms with E-state index in [1.807, 2.05) is 18.2 Å². The molecule has 0 radical (unpaired) electrons. The summed E-state index contributed by atoms with van der Waals surface area (Å²) in [6, 6.07) is 7.78. The molecule has 2 heterocycles. The first-order chi connectivity index (χ1) is 13.5. The fraction of sp³-hybridized carbons (Fsp3) is 0.350. The van der Waals surface area contributed by atoms with Gasteiger partial charge in [-0.05, 0) is 37.1 Å². The largest absolute Gasteiger partial charge is 0.495 e. The summed E-state index contributed by atoms with van der Waals surface area (Å²) in [5, 5.41) is 4.97. The number of esters is 1. The van der Waals surface area contributed by atoms with E-state index in [1.165, 1.54) is 12.0 Å². The average Bonchev–Trinajstić information content (AvgIpc) is 3.06. The highest BCUT2D eigenvalue weighted by atomic mass is 35.5. The van der Waals surface area contributed by atoms with Crippen molar-refractivity contribution < 1.29 is 14.3 Å². The van der Waals surface area contributed by atoms with E-state index in [0.29, 0.717) is 42.4 Å². The molecular weight excluding hydrogens is 398 g/mol.